The number of fused-ring (bicyclic) bond motifs is 12. The summed E-state index contributed by atoms with van der Waals surface area (Å²) in [6, 6.07) is 76.2. The first-order valence-corrected chi connectivity index (χ1v) is 19.2. The molecule has 10 aromatic rings. The molecule has 1 heterocycles. The minimum Gasteiger partial charge on any atom is -0.453 e. The Balaban J connectivity index is 1.15. The summed E-state index contributed by atoms with van der Waals surface area (Å²) in [5, 5.41) is 2.18. The molecule has 0 bridgehead atoms. The third kappa shape index (κ3) is 5.19. The van der Waals surface area contributed by atoms with Crippen LogP contribution in [0.1, 0.15) is 0 Å². The number of nitrogens with zero attached hydrogens (tertiary/aromatic N) is 1. The molecule has 2 nitrogen and oxygen atoms in total. The van der Waals surface area contributed by atoms with Crippen LogP contribution in [0.4, 0.5) is 17.1 Å². The van der Waals surface area contributed by atoms with E-state index in [9.17, 15) is 0 Å². The first kappa shape index (κ1) is 32.0. The molecule has 0 radical (unpaired) electrons. The van der Waals surface area contributed by atoms with Crippen LogP contribution >= 0.6 is 0 Å². The Kier molecular flexibility index (Phi) is 7.53. The molecular formula is C54H35NO. The Hall–Kier alpha value is -7.42. The summed E-state index contributed by atoms with van der Waals surface area (Å²) < 4.78 is 7.31. The maximum atomic E-state index is 7.31. The van der Waals surface area contributed by atoms with Gasteiger partial charge in [0.15, 0.2) is 5.58 Å². The minimum atomic E-state index is 0.850. The van der Waals surface area contributed by atoms with Gasteiger partial charge in [-0.1, -0.05) is 176 Å². The fourth-order valence-electron chi connectivity index (χ4n) is 8.65. The van der Waals surface area contributed by atoms with Crippen molar-refractivity contribution in [2.24, 2.45) is 0 Å². The molecule has 0 unspecified atom stereocenters. The summed E-state index contributed by atoms with van der Waals surface area (Å²) in [4.78, 5) is 2.33. The minimum absolute atomic E-state index is 0.850. The first-order chi connectivity index (χ1) is 27.8. The number of benzene rings is 9. The van der Waals surface area contributed by atoms with E-state index in [0.717, 1.165) is 44.6 Å². The van der Waals surface area contributed by atoms with Crippen LogP contribution < -0.4 is 4.90 Å². The van der Waals surface area contributed by atoms with Crippen LogP contribution in [0.5, 0.6) is 0 Å². The predicted octanol–water partition coefficient (Wildman–Crippen LogP) is 15.4. The van der Waals surface area contributed by atoms with E-state index in [4.69, 9.17) is 4.42 Å². The molecule has 0 aliphatic heterocycles. The predicted molar refractivity (Wildman–Crippen MR) is 235 cm³/mol. The van der Waals surface area contributed by atoms with Crippen molar-refractivity contribution in [1.82, 2.24) is 0 Å². The molecular weight excluding hydrogens is 679 g/mol. The number of para-hydroxylation sites is 1. The Labute approximate surface area is 326 Å². The number of hydrogen-bond acceptors (Lipinski definition) is 2. The normalized spacial score (nSPS) is 11.6. The Morgan fingerprint density at radius 1 is 0.268 bits per heavy atom. The van der Waals surface area contributed by atoms with Gasteiger partial charge in [0.25, 0.3) is 0 Å². The molecule has 2 heteroatoms. The fourth-order valence-corrected chi connectivity index (χ4v) is 8.65. The molecule has 0 amide bonds. The summed E-state index contributed by atoms with van der Waals surface area (Å²) in [5.74, 6) is 0. The van der Waals surface area contributed by atoms with Gasteiger partial charge in [0.2, 0.25) is 0 Å². The number of hydrogen-bond donors (Lipinski definition) is 0. The lowest BCUT2D eigenvalue weighted by Gasteiger charge is -2.26. The van der Waals surface area contributed by atoms with Crippen molar-refractivity contribution in [3.63, 3.8) is 0 Å². The Morgan fingerprint density at radius 2 is 0.679 bits per heavy atom. The Morgan fingerprint density at radius 3 is 1.20 bits per heavy atom. The summed E-state index contributed by atoms with van der Waals surface area (Å²) >= 11 is 0. The van der Waals surface area contributed by atoms with Gasteiger partial charge in [0, 0.05) is 27.7 Å². The van der Waals surface area contributed by atoms with Crippen molar-refractivity contribution in [3.05, 3.63) is 212 Å². The van der Waals surface area contributed by atoms with E-state index in [1.165, 1.54) is 61.2 Å². The van der Waals surface area contributed by atoms with E-state index in [0.29, 0.717) is 0 Å². The van der Waals surface area contributed by atoms with E-state index >= 15 is 0 Å². The third-order valence-corrected chi connectivity index (χ3v) is 11.3. The molecule has 0 spiro atoms. The molecule has 0 N–H and O–H groups in total. The highest BCUT2D eigenvalue weighted by Gasteiger charge is 2.27. The summed E-state index contributed by atoms with van der Waals surface area (Å²) in [6.45, 7) is 0. The van der Waals surface area contributed by atoms with Gasteiger partial charge in [-0.05, 0) is 97.6 Å². The number of anilines is 3. The van der Waals surface area contributed by atoms with Gasteiger partial charge in [-0.15, -0.1) is 0 Å². The SMILES string of the molecule is c1ccc(-c2ccc(N(c3ccc(-c4ccccc4)cc3)c3cccc4c3oc3c5c(ccc34)-c3ccccc3-c3ccccc3-c3ccccc3-5)cc2)cc1. The average Bonchev–Trinajstić information content (AvgIpc) is 3.66. The molecule has 1 aromatic heterocycles. The van der Waals surface area contributed by atoms with E-state index in [1.807, 2.05) is 0 Å². The lowest BCUT2D eigenvalue weighted by Crippen LogP contribution is -2.10. The molecule has 0 saturated carbocycles. The zero-order chi connectivity index (χ0) is 37.0. The second kappa shape index (κ2) is 13.2. The van der Waals surface area contributed by atoms with Crippen molar-refractivity contribution in [2.45, 2.75) is 0 Å². The zero-order valence-electron chi connectivity index (χ0n) is 30.6. The van der Waals surface area contributed by atoms with Gasteiger partial charge in [-0.25, -0.2) is 0 Å². The average molecular weight is 714 g/mol. The van der Waals surface area contributed by atoms with E-state index in [2.05, 4.69) is 217 Å². The van der Waals surface area contributed by atoms with Gasteiger partial charge >= 0.3 is 0 Å². The van der Waals surface area contributed by atoms with Gasteiger partial charge in [0.05, 0.1) is 5.69 Å². The second-order valence-electron chi connectivity index (χ2n) is 14.4. The van der Waals surface area contributed by atoms with E-state index < -0.39 is 0 Å². The monoisotopic (exact) mass is 713 g/mol. The highest BCUT2D eigenvalue weighted by molar-refractivity contribution is 6.18. The van der Waals surface area contributed by atoms with Gasteiger partial charge in [-0.3, -0.25) is 0 Å². The number of rotatable bonds is 5. The molecule has 0 saturated heterocycles. The standard InChI is InChI=1S/C54H35NO/c1-3-14-36(15-4-1)38-26-30-40(31-27-38)55(41-32-28-39(29-33-41)37-16-5-2-6-17-37)51-25-13-24-49-50-35-34-48-46-22-10-9-20-44(46)42-18-7-8-19-43(42)45-21-11-12-23-47(45)52(48)54(50)56-53(49)51/h1-35H. The molecule has 1 aliphatic carbocycles. The molecule has 56 heavy (non-hydrogen) atoms. The molecule has 262 valence electrons. The zero-order valence-corrected chi connectivity index (χ0v) is 30.6. The van der Waals surface area contributed by atoms with Gasteiger partial charge in [-0.2, -0.15) is 0 Å². The highest BCUT2D eigenvalue weighted by Crippen LogP contribution is 2.52. The van der Waals surface area contributed by atoms with E-state index in [1.54, 1.807) is 0 Å². The molecule has 1 aliphatic rings. The summed E-state index contributed by atoms with van der Waals surface area (Å²) in [7, 11) is 0. The van der Waals surface area contributed by atoms with Crippen LogP contribution in [-0.4, -0.2) is 0 Å². The van der Waals surface area contributed by atoms with E-state index in [-0.39, 0.29) is 0 Å². The highest BCUT2D eigenvalue weighted by atomic mass is 16.3. The van der Waals surface area contributed by atoms with Crippen LogP contribution in [0.2, 0.25) is 0 Å². The van der Waals surface area contributed by atoms with Gasteiger partial charge < -0.3 is 9.32 Å². The maximum absolute atomic E-state index is 7.31. The molecule has 9 aromatic carbocycles. The Bertz CT molecular complexity index is 2960. The summed E-state index contributed by atoms with van der Waals surface area (Å²) in [6.07, 6.45) is 0. The van der Waals surface area contributed by atoms with Crippen LogP contribution in [-0.2, 0) is 0 Å². The van der Waals surface area contributed by atoms with Crippen LogP contribution in [0, 0.1) is 0 Å². The lowest BCUT2D eigenvalue weighted by molar-refractivity contribution is 0.670. The molecule has 11 rings (SSSR count). The fraction of sp³-hybridized carbons (Fsp3) is 0. The van der Waals surface area contributed by atoms with Crippen LogP contribution in [0.15, 0.2) is 217 Å². The maximum Gasteiger partial charge on any atom is 0.159 e. The molecule has 0 fully saturated rings. The van der Waals surface area contributed by atoms with Crippen LogP contribution in [0.25, 0.3) is 88.7 Å². The van der Waals surface area contributed by atoms with Crippen molar-refractivity contribution < 1.29 is 4.42 Å². The quantitative estimate of drug-likeness (QED) is 0.177. The number of furan rings is 1. The van der Waals surface area contributed by atoms with Gasteiger partial charge in [0.1, 0.15) is 5.58 Å². The van der Waals surface area contributed by atoms with Crippen molar-refractivity contribution >= 4 is 39.0 Å². The summed E-state index contributed by atoms with van der Waals surface area (Å²) in [5.41, 5.74) is 19.1. The second-order valence-corrected chi connectivity index (χ2v) is 14.4. The van der Waals surface area contributed by atoms with Crippen molar-refractivity contribution in [3.8, 4) is 66.8 Å². The largest absolute Gasteiger partial charge is 0.453 e. The molecule has 0 atom stereocenters. The lowest BCUT2D eigenvalue weighted by atomic mass is 9.80. The smallest absolute Gasteiger partial charge is 0.159 e. The van der Waals surface area contributed by atoms with Crippen LogP contribution in [0.3, 0.4) is 0 Å². The third-order valence-electron chi connectivity index (χ3n) is 11.3. The topological polar surface area (TPSA) is 16.4 Å². The van der Waals surface area contributed by atoms with Crippen molar-refractivity contribution in [1.29, 1.82) is 0 Å². The first-order valence-electron chi connectivity index (χ1n) is 19.2. The van der Waals surface area contributed by atoms with Crippen molar-refractivity contribution in [2.75, 3.05) is 4.90 Å².